The number of halogens is 1. The monoisotopic (exact) mass is 382 g/mol. The maximum Gasteiger partial charge on any atom is 0.275 e. The number of hydrogen-bond donors (Lipinski definition) is 2. The SMILES string of the molecule is Cc1ccc(NC(=O)c2cnc(Nc3cccc(Br)c3)cn2)cc1. The second-order valence-electron chi connectivity index (χ2n) is 5.24. The van der Waals surface area contributed by atoms with Gasteiger partial charge in [0.2, 0.25) is 0 Å². The molecule has 5 nitrogen and oxygen atoms in total. The number of carbonyl (C=O) groups excluding carboxylic acids is 1. The summed E-state index contributed by atoms with van der Waals surface area (Å²) in [4.78, 5) is 20.6. The van der Waals surface area contributed by atoms with Gasteiger partial charge >= 0.3 is 0 Å². The molecule has 0 aliphatic carbocycles. The number of anilines is 3. The Morgan fingerprint density at radius 3 is 2.46 bits per heavy atom. The van der Waals surface area contributed by atoms with Gasteiger partial charge in [-0.25, -0.2) is 9.97 Å². The molecule has 1 amide bonds. The first kappa shape index (κ1) is 16.1. The van der Waals surface area contributed by atoms with Gasteiger partial charge in [0.25, 0.3) is 5.91 Å². The zero-order chi connectivity index (χ0) is 16.9. The third-order valence-electron chi connectivity index (χ3n) is 3.29. The molecule has 0 fully saturated rings. The lowest BCUT2D eigenvalue weighted by molar-refractivity contribution is 0.102. The molecular formula is C18H15BrN4O. The van der Waals surface area contributed by atoms with E-state index in [-0.39, 0.29) is 11.6 Å². The predicted octanol–water partition coefficient (Wildman–Crippen LogP) is 4.54. The maximum absolute atomic E-state index is 12.2. The Morgan fingerprint density at radius 1 is 1.00 bits per heavy atom. The molecule has 2 aromatic carbocycles. The van der Waals surface area contributed by atoms with Gasteiger partial charge in [0.1, 0.15) is 11.5 Å². The topological polar surface area (TPSA) is 66.9 Å². The van der Waals surface area contributed by atoms with Crippen LogP contribution >= 0.6 is 15.9 Å². The van der Waals surface area contributed by atoms with Crippen molar-refractivity contribution in [2.75, 3.05) is 10.6 Å². The Balaban J connectivity index is 1.67. The largest absolute Gasteiger partial charge is 0.339 e. The van der Waals surface area contributed by atoms with E-state index in [1.807, 2.05) is 55.5 Å². The number of aromatic nitrogens is 2. The molecule has 0 saturated carbocycles. The summed E-state index contributed by atoms with van der Waals surface area (Å²) in [7, 11) is 0. The summed E-state index contributed by atoms with van der Waals surface area (Å²) in [6, 6.07) is 15.3. The highest BCUT2D eigenvalue weighted by Crippen LogP contribution is 2.19. The van der Waals surface area contributed by atoms with Crippen LogP contribution in [0.5, 0.6) is 0 Å². The van der Waals surface area contributed by atoms with E-state index in [1.54, 1.807) is 0 Å². The first-order chi connectivity index (χ1) is 11.6. The molecule has 0 aliphatic heterocycles. The van der Waals surface area contributed by atoms with Crippen molar-refractivity contribution in [1.29, 1.82) is 0 Å². The molecule has 0 saturated heterocycles. The molecule has 24 heavy (non-hydrogen) atoms. The average Bonchev–Trinajstić information content (AvgIpc) is 2.57. The van der Waals surface area contributed by atoms with E-state index in [0.29, 0.717) is 5.82 Å². The van der Waals surface area contributed by atoms with Crippen LogP contribution < -0.4 is 10.6 Å². The molecule has 1 aromatic heterocycles. The van der Waals surface area contributed by atoms with E-state index < -0.39 is 0 Å². The number of amides is 1. The highest BCUT2D eigenvalue weighted by molar-refractivity contribution is 9.10. The minimum atomic E-state index is -0.291. The Kier molecular flexibility index (Phi) is 4.86. The summed E-state index contributed by atoms with van der Waals surface area (Å²) < 4.78 is 0.967. The third-order valence-corrected chi connectivity index (χ3v) is 3.78. The van der Waals surface area contributed by atoms with Gasteiger partial charge in [0.05, 0.1) is 12.4 Å². The van der Waals surface area contributed by atoms with Gasteiger partial charge in [0, 0.05) is 15.8 Å². The highest BCUT2D eigenvalue weighted by atomic mass is 79.9. The van der Waals surface area contributed by atoms with Crippen LogP contribution in [0.25, 0.3) is 0 Å². The fourth-order valence-corrected chi connectivity index (χ4v) is 2.46. The lowest BCUT2D eigenvalue weighted by Crippen LogP contribution is -2.14. The lowest BCUT2D eigenvalue weighted by atomic mass is 10.2. The van der Waals surface area contributed by atoms with Gasteiger partial charge in [-0.3, -0.25) is 4.79 Å². The normalized spacial score (nSPS) is 10.2. The molecular weight excluding hydrogens is 368 g/mol. The summed E-state index contributed by atoms with van der Waals surface area (Å²) in [6.07, 6.45) is 2.98. The van der Waals surface area contributed by atoms with Crippen LogP contribution in [0.1, 0.15) is 16.1 Å². The minimum absolute atomic E-state index is 0.260. The van der Waals surface area contributed by atoms with E-state index in [4.69, 9.17) is 0 Å². The van der Waals surface area contributed by atoms with Gasteiger partial charge in [-0.2, -0.15) is 0 Å². The van der Waals surface area contributed by atoms with Gasteiger partial charge in [-0.1, -0.05) is 39.7 Å². The Labute approximate surface area is 148 Å². The summed E-state index contributed by atoms with van der Waals surface area (Å²) in [5, 5.41) is 5.93. The minimum Gasteiger partial charge on any atom is -0.339 e. The molecule has 6 heteroatoms. The summed E-state index contributed by atoms with van der Waals surface area (Å²) in [6.45, 7) is 1.99. The van der Waals surface area contributed by atoms with Crippen molar-refractivity contribution >= 4 is 39.0 Å². The lowest BCUT2D eigenvalue weighted by Gasteiger charge is -2.07. The number of carbonyl (C=O) groups is 1. The van der Waals surface area contributed by atoms with Gasteiger partial charge in [0.15, 0.2) is 0 Å². The first-order valence-electron chi connectivity index (χ1n) is 7.33. The fourth-order valence-electron chi connectivity index (χ4n) is 2.06. The van der Waals surface area contributed by atoms with Crippen LogP contribution in [-0.2, 0) is 0 Å². The highest BCUT2D eigenvalue weighted by Gasteiger charge is 2.08. The van der Waals surface area contributed by atoms with Gasteiger partial charge in [-0.05, 0) is 37.3 Å². The van der Waals surface area contributed by atoms with E-state index in [1.165, 1.54) is 12.4 Å². The third kappa shape index (κ3) is 4.17. The quantitative estimate of drug-likeness (QED) is 0.694. The first-order valence-corrected chi connectivity index (χ1v) is 8.12. The summed E-state index contributed by atoms with van der Waals surface area (Å²) in [5.74, 6) is 0.278. The molecule has 3 aromatic rings. The number of rotatable bonds is 4. The summed E-state index contributed by atoms with van der Waals surface area (Å²) in [5.41, 5.74) is 3.01. The van der Waals surface area contributed by atoms with E-state index in [2.05, 4.69) is 36.5 Å². The molecule has 120 valence electrons. The zero-order valence-corrected chi connectivity index (χ0v) is 14.5. The van der Waals surface area contributed by atoms with Crippen LogP contribution in [-0.4, -0.2) is 15.9 Å². The van der Waals surface area contributed by atoms with Crippen molar-refractivity contribution in [3.63, 3.8) is 0 Å². The number of nitrogens with one attached hydrogen (secondary N) is 2. The molecule has 3 rings (SSSR count). The van der Waals surface area contributed by atoms with Crippen molar-refractivity contribution in [2.45, 2.75) is 6.92 Å². The molecule has 0 atom stereocenters. The van der Waals surface area contributed by atoms with E-state index >= 15 is 0 Å². The van der Waals surface area contributed by atoms with Crippen LogP contribution in [0, 0.1) is 6.92 Å². The molecule has 0 aliphatic rings. The predicted molar refractivity (Wildman–Crippen MR) is 98.6 cm³/mol. The second-order valence-corrected chi connectivity index (χ2v) is 6.16. The van der Waals surface area contributed by atoms with Gasteiger partial charge < -0.3 is 10.6 Å². The Bertz CT molecular complexity index is 848. The maximum atomic E-state index is 12.2. The van der Waals surface area contributed by atoms with Crippen molar-refractivity contribution in [3.05, 3.63) is 76.7 Å². The average molecular weight is 383 g/mol. The molecule has 2 N–H and O–H groups in total. The van der Waals surface area contributed by atoms with Crippen LogP contribution in [0.3, 0.4) is 0 Å². The van der Waals surface area contributed by atoms with E-state index in [9.17, 15) is 4.79 Å². The standard InChI is InChI=1S/C18H15BrN4O/c1-12-5-7-14(8-6-12)23-18(24)16-10-21-17(11-20-16)22-15-4-2-3-13(19)9-15/h2-11H,1H3,(H,21,22)(H,23,24). The molecule has 0 radical (unpaired) electrons. The Hall–Kier alpha value is -2.73. The van der Waals surface area contributed by atoms with Crippen molar-refractivity contribution < 1.29 is 4.79 Å². The number of hydrogen-bond acceptors (Lipinski definition) is 4. The van der Waals surface area contributed by atoms with Crippen LogP contribution in [0.2, 0.25) is 0 Å². The van der Waals surface area contributed by atoms with E-state index in [0.717, 1.165) is 21.4 Å². The van der Waals surface area contributed by atoms with Crippen LogP contribution in [0.4, 0.5) is 17.2 Å². The van der Waals surface area contributed by atoms with Crippen LogP contribution in [0.15, 0.2) is 65.4 Å². The Morgan fingerprint density at radius 2 is 1.79 bits per heavy atom. The van der Waals surface area contributed by atoms with Crippen molar-refractivity contribution in [1.82, 2.24) is 9.97 Å². The summed E-state index contributed by atoms with van der Waals surface area (Å²) >= 11 is 3.41. The number of benzene rings is 2. The van der Waals surface area contributed by atoms with Gasteiger partial charge in [-0.15, -0.1) is 0 Å². The smallest absolute Gasteiger partial charge is 0.275 e. The second kappa shape index (κ2) is 7.23. The molecule has 0 spiro atoms. The number of aryl methyl sites for hydroxylation is 1. The molecule has 0 bridgehead atoms. The zero-order valence-electron chi connectivity index (χ0n) is 13.0. The van der Waals surface area contributed by atoms with Crippen molar-refractivity contribution in [3.8, 4) is 0 Å². The molecule has 1 heterocycles. The fraction of sp³-hybridized carbons (Fsp3) is 0.0556. The van der Waals surface area contributed by atoms with Crippen molar-refractivity contribution in [2.24, 2.45) is 0 Å². The number of nitrogens with zero attached hydrogens (tertiary/aromatic N) is 2. The molecule has 0 unspecified atom stereocenters.